The van der Waals surface area contributed by atoms with Crippen LogP contribution in [0.5, 0.6) is 0 Å². The molecule has 130 valence electrons. The van der Waals surface area contributed by atoms with E-state index >= 15 is 0 Å². The Morgan fingerprint density at radius 1 is 0.625 bits per heavy atom. The van der Waals surface area contributed by atoms with Crippen molar-refractivity contribution in [3.8, 4) is 11.1 Å². The molecule has 0 aliphatic heterocycles. The second-order valence-corrected chi connectivity index (χ2v) is 7.38. The maximum Gasteiger partial charge on any atom is 0.0377 e. The third kappa shape index (κ3) is 4.15. The maximum atomic E-state index is 3.76. The maximum absolute atomic E-state index is 3.76. The smallest absolute Gasteiger partial charge is 0.0377 e. The van der Waals surface area contributed by atoms with E-state index in [9.17, 15) is 0 Å². The number of halogens is 2. The number of nitrogens with zero attached hydrogens (tertiary/aromatic N) is 2. The monoisotopic (exact) mass is 452 g/mol. The minimum atomic E-state index is 1.02. The van der Waals surface area contributed by atoms with E-state index in [1.807, 2.05) is 0 Å². The zero-order valence-electron chi connectivity index (χ0n) is 14.9. The van der Waals surface area contributed by atoms with Gasteiger partial charge in [-0.3, -0.25) is 0 Å². The fourth-order valence-electron chi connectivity index (χ4n) is 3.02. The van der Waals surface area contributed by atoms with Gasteiger partial charge in [0.1, 0.15) is 0 Å². The first-order chi connectivity index (χ1) is 11.5. The summed E-state index contributed by atoms with van der Waals surface area (Å²) in [6.07, 6.45) is 0. The van der Waals surface area contributed by atoms with E-state index in [0.717, 1.165) is 35.1 Å². The molecule has 0 bridgehead atoms. The fraction of sp³-hybridized carbons (Fsp3) is 0.400. The minimum absolute atomic E-state index is 1.02. The first-order valence-corrected chi connectivity index (χ1v) is 10.2. The molecule has 0 unspecified atom stereocenters. The molecule has 0 aliphatic carbocycles. The van der Waals surface area contributed by atoms with E-state index in [2.05, 4.69) is 106 Å². The number of hydrogen-bond donors (Lipinski definition) is 0. The molecule has 0 saturated carbocycles. The fourth-order valence-corrected chi connectivity index (χ4v) is 4.18. The van der Waals surface area contributed by atoms with Gasteiger partial charge in [0.2, 0.25) is 0 Å². The summed E-state index contributed by atoms with van der Waals surface area (Å²) in [5.41, 5.74) is 4.94. The minimum Gasteiger partial charge on any atom is -0.372 e. The van der Waals surface area contributed by atoms with Crippen LogP contribution < -0.4 is 9.80 Å². The van der Waals surface area contributed by atoms with Gasteiger partial charge in [-0.25, -0.2) is 0 Å². The average Bonchev–Trinajstić information content (AvgIpc) is 2.58. The molecule has 24 heavy (non-hydrogen) atoms. The van der Waals surface area contributed by atoms with Crippen LogP contribution in [0.25, 0.3) is 11.1 Å². The first-order valence-electron chi connectivity index (χ1n) is 8.64. The summed E-state index contributed by atoms with van der Waals surface area (Å²) in [4.78, 5) is 4.71. The molecule has 0 radical (unpaired) electrons. The van der Waals surface area contributed by atoms with E-state index in [4.69, 9.17) is 0 Å². The van der Waals surface area contributed by atoms with Crippen LogP contribution in [0.15, 0.2) is 45.3 Å². The lowest BCUT2D eigenvalue weighted by atomic mass is 10.0. The molecule has 2 rings (SSSR count). The Kier molecular flexibility index (Phi) is 7.17. The van der Waals surface area contributed by atoms with Crippen LogP contribution in [0, 0.1) is 0 Å². The zero-order valence-corrected chi connectivity index (χ0v) is 18.1. The highest BCUT2D eigenvalue weighted by Gasteiger charge is 2.12. The largest absolute Gasteiger partial charge is 0.372 e. The molecule has 0 N–H and O–H groups in total. The highest BCUT2D eigenvalue weighted by atomic mass is 79.9. The van der Waals surface area contributed by atoms with Crippen molar-refractivity contribution in [3.05, 3.63) is 45.3 Å². The van der Waals surface area contributed by atoms with Gasteiger partial charge in [-0.1, -0.05) is 44.0 Å². The van der Waals surface area contributed by atoms with Crippen molar-refractivity contribution in [3.63, 3.8) is 0 Å². The summed E-state index contributed by atoms with van der Waals surface area (Å²) < 4.78 is 2.26. The van der Waals surface area contributed by atoms with Gasteiger partial charge >= 0.3 is 0 Å². The molecule has 0 saturated heterocycles. The lowest BCUT2D eigenvalue weighted by Gasteiger charge is -2.23. The summed E-state index contributed by atoms with van der Waals surface area (Å²) in [5.74, 6) is 0. The number of hydrogen-bond acceptors (Lipinski definition) is 2. The number of benzene rings is 2. The van der Waals surface area contributed by atoms with Crippen molar-refractivity contribution in [1.29, 1.82) is 0 Å². The summed E-state index contributed by atoms with van der Waals surface area (Å²) in [7, 11) is 0. The molecule has 0 heterocycles. The molecular formula is C20H26Br2N2. The predicted octanol–water partition coefficient (Wildman–Crippen LogP) is 6.57. The van der Waals surface area contributed by atoms with Crippen LogP contribution in [-0.2, 0) is 0 Å². The van der Waals surface area contributed by atoms with E-state index in [-0.39, 0.29) is 0 Å². The Labute approximate surface area is 163 Å². The molecule has 2 aromatic rings. The predicted molar refractivity (Wildman–Crippen MR) is 114 cm³/mol. The van der Waals surface area contributed by atoms with E-state index in [1.165, 1.54) is 22.5 Å². The quantitative estimate of drug-likeness (QED) is 0.467. The zero-order chi connectivity index (χ0) is 17.7. The van der Waals surface area contributed by atoms with Gasteiger partial charge in [0, 0.05) is 46.5 Å². The van der Waals surface area contributed by atoms with Gasteiger partial charge in [0.05, 0.1) is 0 Å². The summed E-state index contributed by atoms with van der Waals surface area (Å²) in [6, 6.07) is 13.2. The summed E-state index contributed by atoms with van der Waals surface area (Å²) >= 11 is 7.52. The number of anilines is 2. The van der Waals surface area contributed by atoms with Crippen LogP contribution >= 0.6 is 31.9 Å². The third-order valence-corrected chi connectivity index (χ3v) is 5.76. The summed E-state index contributed by atoms with van der Waals surface area (Å²) in [6.45, 7) is 12.8. The van der Waals surface area contributed by atoms with Crippen LogP contribution in [0.4, 0.5) is 11.4 Å². The van der Waals surface area contributed by atoms with Crippen molar-refractivity contribution in [2.45, 2.75) is 27.7 Å². The van der Waals surface area contributed by atoms with Crippen molar-refractivity contribution in [2.24, 2.45) is 0 Å². The van der Waals surface area contributed by atoms with Crippen molar-refractivity contribution in [2.75, 3.05) is 36.0 Å². The molecule has 0 spiro atoms. The molecule has 0 atom stereocenters. The SMILES string of the molecule is CCN(CC)c1ccc(-c2ccc(N(CC)CC)cc2Br)c(Br)c1. The molecule has 4 heteroatoms. The Bertz CT molecular complexity index is 618. The molecule has 2 nitrogen and oxygen atoms in total. The van der Waals surface area contributed by atoms with E-state index in [1.54, 1.807) is 0 Å². The Balaban J connectivity index is 2.38. The van der Waals surface area contributed by atoms with Gasteiger partial charge in [0.25, 0.3) is 0 Å². The van der Waals surface area contributed by atoms with Crippen LogP contribution in [0.2, 0.25) is 0 Å². The molecule has 0 fully saturated rings. The average molecular weight is 454 g/mol. The highest BCUT2D eigenvalue weighted by molar-refractivity contribution is 9.11. The standard InChI is InChI=1S/C20H26Br2N2/c1-5-23(6-2)15-9-11-17(19(21)13-15)18-12-10-16(14-20(18)22)24(7-3)8-4/h9-14H,5-8H2,1-4H3. The summed E-state index contributed by atoms with van der Waals surface area (Å²) in [5, 5.41) is 0. The Morgan fingerprint density at radius 2 is 0.958 bits per heavy atom. The molecule has 0 aliphatic rings. The van der Waals surface area contributed by atoms with Gasteiger partial charge in [-0.15, -0.1) is 0 Å². The van der Waals surface area contributed by atoms with Crippen molar-refractivity contribution >= 4 is 43.2 Å². The van der Waals surface area contributed by atoms with Crippen molar-refractivity contribution in [1.82, 2.24) is 0 Å². The molecule has 2 aromatic carbocycles. The van der Waals surface area contributed by atoms with Gasteiger partial charge in [-0.05, 0) is 63.1 Å². The number of rotatable bonds is 7. The molecule has 0 amide bonds. The molecular weight excluding hydrogens is 428 g/mol. The molecule has 0 aromatic heterocycles. The second kappa shape index (κ2) is 8.91. The van der Waals surface area contributed by atoms with E-state index in [0.29, 0.717) is 0 Å². The van der Waals surface area contributed by atoms with Crippen LogP contribution in [-0.4, -0.2) is 26.2 Å². The highest BCUT2D eigenvalue weighted by Crippen LogP contribution is 2.37. The Morgan fingerprint density at radius 3 is 1.21 bits per heavy atom. The second-order valence-electron chi connectivity index (χ2n) is 5.67. The van der Waals surface area contributed by atoms with Crippen LogP contribution in [0.1, 0.15) is 27.7 Å². The topological polar surface area (TPSA) is 6.48 Å². The van der Waals surface area contributed by atoms with Crippen molar-refractivity contribution < 1.29 is 0 Å². The van der Waals surface area contributed by atoms with Crippen LogP contribution in [0.3, 0.4) is 0 Å². The normalized spacial score (nSPS) is 10.8. The van der Waals surface area contributed by atoms with Gasteiger partial charge in [-0.2, -0.15) is 0 Å². The lowest BCUT2D eigenvalue weighted by Crippen LogP contribution is -2.21. The van der Waals surface area contributed by atoms with Gasteiger partial charge in [0.15, 0.2) is 0 Å². The third-order valence-electron chi connectivity index (χ3n) is 4.45. The van der Waals surface area contributed by atoms with E-state index < -0.39 is 0 Å². The Hall–Kier alpha value is -1.00. The lowest BCUT2D eigenvalue weighted by molar-refractivity contribution is 0.865. The first kappa shape index (κ1) is 19.3. The van der Waals surface area contributed by atoms with Gasteiger partial charge < -0.3 is 9.80 Å².